The minimum atomic E-state index is 0.841. The van der Waals surface area contributed by atoms with E-state index in [-0.39, 0.29) is 0 Å². The monoisotopic (exact) mass is 340 g/mol. The van der Waals surface area contributed by atoms with Gasteiger partial charge in [-0.3, -0.25) is 9.98 Å². The lowest BCUT2D eigenvalue weighted by atomic mass is 10.8. The maximum absolute atomic E-state index is 4.61. The van der Waals surface area contributed by atoms with Crippen LogP contribution in [0.4, 0.5) is 0 Å². The number of rotatable bonds is 7. The van der Waals surface area contributed by atoms with Gasteiger partial charge >= 0.3 is 0 Å². The van der Waals surface area contributed by atoms with Crippen molar-refractivity contribution in [2.75, 3.05) is 24.6 Å². The summed E-state index contributed by atoms with van der Waals surface area (Å²) in [7, 11) is 11.8. The molecule has 0 aromatic carbocycles. The second kappa shape index (κ2) is 8.38. The Bertz CT molecular complexity index is 611. The predicted molar refractivity (Wildman–Crippen MR) is 94.5 cm³/mol. The molecule has 0 bridgehead atoms. The third-order valence-corrected chi connectivity index (χ3v) is 5.59. The lowest BCUT2D eigenvalue weighted by molar-refractivity contribution is 0.725. The van der Waals surface area contributed by atoms with Crippen LogP contribution in [0.1, 0.15) is 0 Å². The Morgan fingerprint density at radius 2 is 1.00 bits per heavy atom. The van der Waals surface area contributed by atoms with Crippen LogP contribution in [0.25, 0.3) is 0 Å². The number of nitrogens with zero attached hydrogens (tertiary/aromatic N) is 6. The maximum Gasteiger partial charge on any atom is 0.204 e. The van der Waals surface area contributed by atoms with Gasteiger partial charge in [0.25, 0.3) is 0 Å². The lowest BCUT2D eigenvalue weighted by Gasteiger charge is -1.99. The minimum Gasteiger partial charge on any atom is -0.321 e. The molecule has 0 N–H and O–H groups in total. The smallest absolute Gasteiger partial charge is 0.204 e. The molecule has 0 spiro atoms. The van der Waals surface area contributed by atoms with Crippen molar-refractivity contribution in [2.24, 2.45) is 38.2 Å². The van der Waals surface area contributed by atoms with E-state index in [1.54, 1.807) is 0 Å². The quantitative estimate of drug-likeness (QED) is 0.556. The van der Waals surface area contributed by atoms with Gasteiger partial charge < -0.3 is 18.3 Å². The van der Waals surface area contributed by atoms with Crippen molar-refractivity contribution < 1.29 is 0 Å². The molecule has 2 heterocycles. The third kappa shape index (κ3) is 4.61. The standard InChI is InChI=1S/C14H24N6S2/c1-17-7-8-18(2)13(17)15-5-11-21-22-12-6-16-14-19(3)9-10-20(14)4/h7-10H,5-6,11-12H2,1-4H3. The van der Waals surface area contributed by atoms with E-state index in [1.807, 2.05) is 92.8 Å². The highest BCUT2D eigenvalue weighted by atomic mass is 33.1. The zero-order valence-electron chi connectivity index (χ0n) is 13.6. The van der Waals surface area contributed by atoms with E-state index in [1.165, 1.54) is 0 Å². The summed E-state index contributed by atoms with van der Waals surface area (Å²) in [5.41, 5.74) is 2.02. The van der Waals surface area contributed by atoms with Crippen molar-refractivity contribution in [3.05, 3.63) is 36.0 Å². The van der Waals surface area contributed by atoms with Crippen LogP contribution in [0.15, 0.2) is 34.8 Å². The number of imidazole rings is 2. The van der Waals surface area contributed by atoms with Gasteiger partial charge in [0.1, 0.15) is 0 Å². The van der Waals surface area contributed by atoms with E-state index in [0.29, 0.717) is 0 Å². The molecule has 2 aromatic heterocycles. The van der Waals surface area contributed by atoms with Crippen molar-refractivity contribution in [3.8, 4) is 0 Å². The average Bonchev–Trinajstić information content (AvgIpc) is 2.98. The van der Waals surface area contributed by atoms with Gasteiger partial charge in [-0.1, -0.05) is 21.6 Å². The molecule has 0 aliphatic rings. The van der Waals surface area contributed by atoms with Crippen LogP contribution in [0.2, 0.25) is 0 Å². The molecule has 0 amide bonds. The third-order valence-electron chi connectivity index (χ3n) is 3.23. The fourth-order valence-corrected chi connectivity index (χ4v) is 3.82. The predicted octanol–water partition coefficient (Wildman–Crippen LogP) is 0.924. The Hall–Kier alpha value is -1.28. The van der Waals surface area contributed by atoms with E-state index in [2.05, 4.69) is 9.98 Å². The highest BCUT2D eigenvalue weighted by Crippen LogP contribution is 2.19. The molecule has 122 valence electrons. The van der Waals surface area contributed by atoms with Crippen LogP contribution in [-0.2, 0) is 28.2 Å². The molecule has 0 atom stereocenters. The number of hydrogen-bond acceptors (Lipinski definition) is 4. The summed E-state index contributed by atoms with van der Waals surface area (Å²) in [6, 6.07) is 0. The molecule has 0 aliphatic carbocycles. The van der Waals surface area contributed by atoms with E-state index >= 15 is 0 Å². The largest absolute Gasteiger partial charge is 0.321 e. The van der Waals surface area contributed by atoms with Crippen molar-refractivity contribution in [1.29, 1.82) is 0 Å². The molecular weight excluding hydrogens is 316 g/mol. The molecule has 22 heavy (non-hydrogen) atoms. The van der Waals surface area contributed by atoms with Crippen molar-refractivity contribution >= 4 is 21.6 Å². The van der Waals surface area contributed by atoms with E-state index in [9.17, 15) is 0 Å². The molecule has 0 radical (unpaired) electrons. The molecule has 2 aromatic rings. The van der Waals surface area contributed by atoms with Crippen LogP contribution >= 0.6 is 21.6 Å². The van der Waals surface area contributed by atoms with Gasteiger partial charge in [0.2, 0.25) is 11.2 Å². The zero-order chi connectivity index (χ0) is 15.9. The molecule has 0 saturated heterocycles. The Morgan fingerprint density at radius 3 is 1.32 bits per heavy atom. The molecule has 2 rings (SSSR count). The molecule has 0 aliphatic heterocycles. The Labute approximate surface area is 139 Å². The summed E-state index contributed by atoms with van der Waals surface area (Å²) in [5.74, 6) is 2.04. The second-order valence-corrected chi connectivity index (χ2v) is 7.75. The maximum atomic E-state index is 4.61. The first-order valence-corrected chi connectivity index (χ1v) is 9.69. The average molecular weight is 341 g/mol. The van der Waals surface area contributed by atoms with Gasteiger partial charge in [0.05, 0.1) is 13.1 Å². The van der Waals surface area contributed by atoms with E-state index in [0.717, 1.165) is 35.8 Å². The molecule has 0 saturated carbocycles. The second-order valence-electron chi connectivity index (χ2n) is 5.05. The fourth-order valence-electron chi connectivity index (χ4n) is 2.09. The first kappa shape index (κ1) is 17.1. The first-order chi connectivity index (χ1) is 10.6. The summed E-state index contributed by atoms with van der Waals surface area (Å²) in [6.45, 7) is 1.68. The van der Waals surface area contributed by atoms with Crippen LogP contribution in [0.3, 0.4) is 0 Å². The topological polar surface area (TPSA) is 44.4 Å². The molecule has 0 fully saturated rings. The van der Waals surface area contributed by atoms with Gasteiger partial charge in [-0.2, -0.15) is 0 Å². The van der Waals surface area contributed by atoms with E-state index in [4.69, 9.17) is 0 Å². The summed E-state index contributed by atoms with van der Waals surface area (Å²) in [6.07, 6.45) is 8.08. The van der Waals surface area contributed by atoms with Crippen LogP contribution in [0, 0.1) is 0 Å². The van der Waals surface area contributed by atoms with Crippen LogP contribution < -0.4 is 11.2 Å². The Morgan fingerprint density at radius 1 is 0.682 bits per heavy atom. The van der Waals surface area contributed by atoms with Crippen LogP contribution in [-0.4, -0.2) is 42.9 Å². The first-order valence-electron chi connectivity index (χ1n) is 7.21. The molecule has 8 heteroatoms. The number of aryl methyl sites for hydroxylation is 4. The van der Waals surface area contributed by atoms with Gasteiger partial charge in [-0.25, -0.2) is 0 Å². The Kier molecular flexibility index (Phi) is 6.50. The van der Waals surface area contributed by atoms with Gasteiger partial charge in [0.15, 0.2) is 0 Å². The molecule has 6 nitrogen and oxygen atoms in total. The fraction of sp³-hybridized carbons (Fsp3) is 0.571. The van der Waals surface area contributed by atoms with Crippen molar-refractivity contribution in [1.82, 2.24) is 18.3 Å². The zero-order valence-corrected chi connectivity index (χ0v) is 15.3. The molecule has 0 unspecified atom stereocenters. The SMILES string of the molecule is Cn1ccn(C)c1=NCCSSCCN=c1n(C)ccn1C. The normalized spacial score (nSPS) is 10.9. The summed E-state index contributed by atoms with van der Waals surface area (Å²) < 4.78 is 8.15. The van der Waals surface area contributed by atoms with Gasteiger partial charge in [-0.15, -0.1) is 0 Å². The number of hydrogen-bond donors (Lipinski definition) is 0. The summed E-state index contributed by atoms with van der Waals surface area (Å²) >= 11 is 0. The van der Waals surface area contributed by atoms with Crippen molar-refractivity contribution in [3.63, 3.8) is 0 Å². The van der Waals surface area contributed by atoms with E-state index < -0.39 is 0 Å². The highest BCUT2D eigenvalue weighted by molar-refractivity contribution is 8.76. The minimum absolute atomic E-state index is 0.841. The lowest BCUT2D eigenvalue weighted by Crippen LogP contribution is -2.22. The highest BCUT2D eigenvalue weighted by Gasteiger charge is 1.95. The Balaban J connectivity index is 1.67. The molecular formula is C14H24N6S2. The summed E-state index contributed by atoms with van der Waals surface area (Å²) in [4.78, 5) is 9.22. The van der Waals surface area contributed by atoms with Gasteiger partial charge in [0, 0.05) is 64.5 Å². The van der Waals surface area contributed by atoms with Crippen LogP contribution in [0.5, 0.6) is 0 Å². The van der Waals surface area contributed by atoms with Gasteiger partial charge in [-0.05, 0) is 0 Å². The number of aromatic nitrogens is 4. The van der Waals surface area contributed by atoms with Crippen molar-refractivity contribution in [2.45, 2.75) is 0 Å². The summed E-state index contributed by atoms with van der Waals surface area (Å²) in [5, 5.41) is 0.